The summed E-state index contributed by atoms with van der Waals surface area (Å²) in [6.45, 7) is 2.84. The lowest BCUT2D eigenvalue weighted by molar-refractivity contribution is -0.137. The summed E-state index contributed by atoms with van der Waals surface area (Å²) < 4.78 is 13.9. The number of hydrogen-bond acceptors (Lipinski definition) is 9. The Labute approximate surface area is 214 Å². The van der Waals surface area contributed by atoms with Gasteiger partial charge in [-0.3, -0.25) is 14.4 Å². The zero-order valence-electron chi connectivity index (χ0n) is 20.0. The molecule has 0 aromatic heterocycles. The third-order valence-electron chi connectivity index (χ3n) is 4.77. The van der Waals surface area contributed by atoms with E-state index in [1.165, 1.54) is 6.82 Å². The number of hydrogen-bond donors (Lipinski definition) is 4. The first-order valence-electron chi connectivity index (χ1n) is 11.3. The van der Waals surface area contributed by atoms with Crippen LogP contribution in [0.5, 0.6) is 0 Å². The van der Waals surface area contributed by atoms with Crippen LogP contribution >= 0.6 is 28.3 Å². The number of unbranched alkanes of at least 4 members (excludes halogenated alkanes) is 3. The average Bonchev–Trinajstić information content (AvgIpc) is 2.84. The third-order valence-corrected chi connectivity index (χ3v) is 5.55. The van der Waals surface area contributed by atoms with Crippen molar-refractivity contribution in [3.8, 4) is 0 Å². The smallest absolute Gasteiger partial charge is 0.370 e. The molecule has 0 bridgehead atoms. The summed E-state index contributed by atoms with van der Waals surface area (Å²) in [5.74, 6) is -2.04. The zero-order chi connectivity index (χ0) is 26.5. The van der Waals surface area contributed by atoms with E-state index >= 15 is 0 Å². The van der Waals surface area contributed by atoms with Crippen LogP contribution in [-0.2, 0) is 32.9 Å². The molecule has 0 aliphatic heterocycles. The van der Waals surface area contributed by atoms with Crippen molar-refractivity contribution in [1.29, 1.82) is 0 Å². The van der Waals surface area contributed by atoms with Gasteiger partial charge in [0, 0.05) is 19.4 Å². The number of nitrogens with one attached hydrogen (secondary N) is 4. The predicted octanol–water partition coefficient (Wildman–Crippen LogP) is 0.907. The Bertz CT molecular complexity index is 678. The fourth-order valence-electron chi connectivity index (χ4n) is 2.94. The maximum atomic E-state index is 12.4. The summed E-state index contributed by atoms with van der Waals surface area (Å²) in [5, 5.41) is 10.7. The van der Waals surface area contributed by atoms with E-state index in [1.807, 2.05) is 18.9 Å². The van der Waals surface area contributed by atoms with Gasteiger partial charge in [0.05, 0.1) is 18.9 Å². The van der Waals surface area contributed by atoms with Crippen molar-refractivity contribution in [2.75, 3.05) is 13.1 Å². The second kappa shape index (κ2) is 21.7. The van der Waals surface area contributed by atoms with Crippen LogP contribution in [-0.4, -0.2) is 62.5 Å². The Kier molecular flexibility index (Phi) is 20.8. The maximum Gasteiger partial charge on any atom is 0.370 e. The quantitative estimate of drug-likeness (QED) is 0.104. The number of rotatable bonds is 19. The van der Waals surface area contributed by atoms with E-state index in [-0.39, 0.29) is 25.2 Å². The highest BCUT2D eigenvalue weighted by atomic mass is 31.0. The van der Waals surface area contributed by atoms with Crippen LogP contribution in [0.4, 0.5) is 4.79 Å². The lowest BCUT2D eigenvalue weighted by Gasteiger charge is -2.20. The first-order valence-corrected chi connectivity index (χ1v) is 12.9. The number of carbonyl (C=O) groups excluding carboxylic acids is 5. The number of urea groups is 1. The van der Waals surface area contributed by atoms with Crippen molar-refractivity contribution in [2.45, 2.75) is 76.7 Å². The van der Waals surface area contributed by atoms with Crippen LogP contribution in [0.15, 0.2) is 0 Å². The molecule has 0 fully saturated rings. The van der Waals surface area contributed by atoms with Crippen LogP contribution in [0, 0.1) is 0 Å². The third kappa shape index (κ3) is 17.5. The molecule has 0 spiro atoms. The highest BCUT2D eigenvalue weighted by molar-refractivity contribution is 7.13. The molecule has 199 valence electrons. The summed E-state index contributed by atoms with van der Waals surface area (Å²) in [7, 11) is 7.23. The van der Waals surface area contributed by atoms with Crippen molar-refractivity contribution < 1.29 is 37.7 Å². The maximum absolute atomic E-state index is 12.4. The Morgan fingerprint density at radius 3 is 2.06 bits per heavy atom. The molecular formula is C19H37BN4O8P3. The van der Waals surface area contributed by atoms with Crippen LogP contribution in [0.25, 0.3) is 0 Å². The molecule has 0 aliphatic rings. The van der Waals surface area contributed by atoms with Gasteiger partial charge < -0.3 is 34.7 Å². The minimum Gasteiger partial charge on any atom is -0.538 e. The molecule has 0 aromatic rings. The molecule has 16 heteroatoms. The van der Waals surface area contributed by atoms with Crippen molar-refractivity contribution in [3.05, 3.63) is 0 Å². The molecule has 5 atom stereocenters. The van der Waals surface area contributed by atoms with Gasteiger partial charge in [0.25, 0.3) is 0 Å². The minimum absolute atomic E-state index is 0.0185. The van der Waals surface area contributed by atoms with Gasteiger partial charge >= 0.3 is 31.4 Å². The van der Waals surface area contributed by atoms with E-state index in [9.17, 15) is 24.0 Å². The van der Waals surface area contributed by atoms with Crippen molar-refractivity contribution in [1.82, 2.24) is 21.0 Å². The molecule has 12 nitrogen and oxygen atoms in total. The monoisotopic (exact) mass is 553 g/mol. The molecule has 4 N–H and O–H groups in total. The van der Waals surface area contributed by atoms with Gasteiger partial charge in [0.15, 0.2) is 0 Å². The van der Waals surface area contributed by atoms with E-state index < -0.39 is 36.0 Å². The summed E-state index contributed by atoms with van der Waals surface area (Å²) in [5.41, 5.74) is 0. The van der Waals surface area contributed by atoms with E-state index in [2.05, 4.69) is 39.5 Å². The van der Waals surface area contributed by atoms with Crippen LogP contribution in [0.2, 0.25) is 6.82 Å². The summed E-state index contributed by atoms with van der Waals surface area (Å²) in [6.07, 6.45) is 4.47. The van der Waals surface area contributed by atoms with E-state index in [0.717, 1.165) is 33.3 Å². The zero-order valence-corrected chi connectivity index (χ0v) is 23.5. The Balaban J connectivity index is 4.54. The molecule has 5 unspecified atom stereocenters. The van der Waals surface area contributed by atoms with E-state index in [1.54, 1.807) is 0 Å². The fourth-order valence-corrected chi connectivity index (χ4v) is 3.42. The van der Waals surface area contributed by atoms with Crippen molar-refractivity contribution in [3.63, 3.8) is 0 Å². The van der Waals surface area contributed by atoms with Gasteiger partial charge in [0.1, 0.15) is 12.1 Å². The first kappa shape index (κ1) is 33.5. The second-order valence-corrected chi connectivity index (χ2v) is 8.35. The van der Waals surface area contributed by atoms with Gasteiger partial charge in [0.2, 0.25) is 5.91 Å². The lowest BCUT2D eigenvalue weighted by Crippen LogP contribution is -2.51. The van der Waals surface area contributed by atoms with Gasteiger partial charge in [-0.15, -0.1) is 0 Å². The van der Waals surface area contributed by atoms with Crippen LogP contribution < -0.4 is 21.0 Å². The molecule has 1 radical (unpaired) electrons. The lowest BCUT2D eigenvalue weighted by atomic mass is 10.1. The van der Waals surface area contributed by atoms with Gasteiger partial charge in [-0.05, 0) is 45.1 Å². The molecule has 0 rings (SSSR count). The topological polar surface area (TPSA) is 161 Å². The SMILES string of the molecule is C[B]OC(=O)C(CCC(=O)OP)NC(=O)NC(CCCCNC(=O)CCCCCNP)C(=O)OP. The number of amides is 3. The summed E-state index contributed by atoms with van der Waals surface area (Å²) in [6, 6.07) is -2.90. The van der Waals surface area contributed by atoms with Crippen molar-refractivity contribution >= 4 is 65.7 Å². The van der Waals surface area contributed by atoms with E-state index in [4.69, 9.17) is 4.65 Å². The van der Waals surface area contributed by atoms with E-state index in [0.29, 0.717) is 25.8 Å². The Hall–Kier alpha value is -1.54. The number of carbonyl (C=O) groups is 5. The highest BCUT2D eigenvalue weighted by Gasteiger charge is 2.26. The summed E-state index contributed by atoms with van der Waals surface area (Å²) >= 11 is 0. The minimum atomic E-state index is -1.13. The molecule has 0 heterocycles. The second-order valence-electron chi connectivity index (χ2n) is 7.47. The molecule has 0 saturated heterocycles. The standard InChI is InChI=1S/C19H37BN4O8P3/c1-20-30-17(27)14(9-10-16(26)31-34)24-19(29)23-13(18(28)32-35)7-4-6-11-21-15(25)8-3-2-5-12-22-33/h13-14,22H,2-12,33-35H2,1H3,(H,21,25)(H2,23,24,29). The molecular weight excluding hydrogens is 516 g/mol. The largest absolute Gasteiger partial charge is 0.538 e. The molecule has 0 saturated carbocycles. The first-order chi connectivity index (χ1) is 16.8. The molecule has 0 aliphatic carbocycles. The average molecular weight is 553 g/mol. The normalized spacial score (nSPS) is 12.0. The Morgan fingerprint density at radius 1 is 0.800 bits per heavy atom. The molecule has 35 heavy (non-hydrogen) atoms. The molecule has 0 aromatic carbocycles. The van der Waals surface area contributed by atoms with Crippen LogP contribution in [0.3, 0.4) is 0 Å². The summed E-state index contributed by atoms with van der Waals surface area (Å²) in [4.78, 5) is 59.8. The van der Waals surface area contributed by atoms with Gasteiger partial charge in [-0.2, -0.15) is 0 Å². The van der Waals surface area contributed by atoms with Gasteiger partial charge in [-0.25, -0.2) is 9.59 Å². The Morgan fingerprint density at radius 2 is 1.46 bits per heavy atom. The van der Waals surface area contributed by atoms with Gasteiger partial charge in [-0.1, -0.05) is 22.6 Å². The fraction of sp³-hybridized carbons (Fsp3) is 0.737. The van der Waals surface area contributed by atoms with Crippen LogP contribution in [0.1, 0.15) is 57.8 Å². The molecule has 3 amide bonds. The van der Waals surface area contributed by atoms with Crippen molar-refractivity contribution in [2.24, 2.45) is 0 Å². The highest BCUT2D eigenvalue weighted by Crippen LogP contribution is 2.07. The predicted molar refractivity (Wildman–Crippen MR) is 141 cm³/mol.